The molecule has 10 nitrogen and oxygen atoms in total. The maximum Gasteiger partial charge on any atom is 0.205 e. The zero-order chi connectivity index (χ0) is 29.9. The summed E-state index contributed by atoms with van der Waals surface area (Å²) in [5.74, 6) is 0.134. The number of carbonyl (C=O) groups is 1. The fourth-order valence-electron chi connectivity index (χ4n) is 6.54. The van der Waals surface area contributed by atoms with Gasteiger partial charge in [-0.1, -0.05) is 22.4 Å². The number of hydrogen-bond donors (Lipinski definition) is 2. The lowest BCUT2D eigenvalue weighted by atomic mass is 9.60. The molecule has 3 aromatic heterocycles. The lowest BCUT2D eigenvalue weighted by Gasteiger charge is -2.50. The van der Waals surface area contributed by atoms with E-state index in [1.807, 2.05) is 31.3 Å². The van der Waals surface area contributed by atoms with E-state index < -0.39 is 16.2 Å². The second-order valence-electron chi connectivity index (χ2n) is 11.8. The average Bonchev–Trinajstić information content (AvgIpc) is 3.62. The number of halogens is 1. The number of benzene rings is 1. The Hall–Kier alpha value is -3.71. The highest BCUT2D eigenvalue weighted by atomic mass is 32.3. The molecule has 0 spiro atoms. The Labute approximate surface area is 250 Å². The van der Waals surface area contributed by atoms with Crippen molar-refractivity contribution in [1.82, 2.24) is 34.1 Å². The Bertz CT molecular complexity index is 1710. The molecule has 0 radical (unpaired) electrons. The monoisotopic (exact) mass is 603 g/mol. The molecule has 3 heterocycles. The number of nitrogens with zero attached hydrogens (tertiary/aromatic N) is 7. The van der Waals surface area contributed by atoms with Crippen LogP contribution >= 0.6 is 10.8 Å². The minimum atomic E-state index is -3.44. The van der Waals surface area contributed by atoms with Gasteiger partial charge in [0.2, 0.25) is 5.03 Å². The number of hydrogen-bond acceptors (Lipinski definition) is 8. The standard InChI is InChI=1S/C31H34FN7O3S/c1-3-38-34-19-29(36-38)43(41,42)37(2)26-10-7-23-14-28-22(18-35-39(28)25-11-8-24(32)9-12-25)15-31(23,16-26)30(40)27-13-6-21(17-33-27)20-4-5-20/h6,8-9,11-14,17-20,26,41-42H,3-5,7,10,15-16H2,1-2H3/t26-,31-/m0/s1. The second kappa shape index (κ2) is 10.5. The number of fused-ring (bicyclic) bond motifs is 2. The lowest BCUT2D eigenvalue weighted by Crippen LogP contribution is -2.48. The number of Topliss-reactive ketones (excluding diaryl/α,β-unsaturated/α-hetero) is 1. The lowest BCUT2D eigenvalue weighted by molar-refractivity contribution is 0.0742. The molecule has 2 saturated carbocycles. The topological polar surface area (TPSA) is 122 Å². The van der Waals surface area contributed by atoms with Crippen molar-refractivity contribution in [3.63, 3.8) is 0 Å². The van der Waals surface area contributed by atoms with Crippen LogP contribution in [-0.2, 0) is 13.0 Å². The van der Waals surface area contributed by atoms with Crippen LogP contribution in [0.2, 0.25) is 0 Å². The molecule has 12 heteroatoms. The number of pyridine rings is 1. The second-order valence-corrected chi connectivity index (χ2v) is 13.8. The summed E-state index contributed by atoms with van der Waals surface area (Å²) in [6, 6.07) is 9.71. The maximum absolute atomic E-state index is 14.6. The summed E-state index contributed by atoms with van der Waals surface area (Å²) in [5.41, 5.74) is 4.10. The predicted octanol–water partition coefficient (Wildman–Crippen LogP) is 5.91. The summed E-state index contributed by atoms with van der Waals surface area (Å²) in [6.07, 6.45) is 11.3. The van der Waals surface area contributed by atoms with E-state index in [-0.39, 0.29) is 22.7 Å². The van der Waals surface area contributed by atoms with Crippen LogP contribution < -0.4 is 0 Å². The van der Waals surface area contributed by atoms with Crippen LogP contribution in [0.5, 0.6) is 0 Å². The van der Waals surface area contributed by atoms with Gasteiger partial charge < -0.3 is 0 Å². The fraction of sp³-hybridized carbons (Fsp3) is 0.387. The number of allylic oxidation sites excluding steroid dienone is 1. The van der Waals surface area contributed by atoms with Gasteiger partial charge in [0.15, 0.2) is 5.78 Å². The van der Waals surface area contributed by atoms with Gasteiger partial charge in [0.25, 0.3) is 0 Å². The van der Waals surface area contributed by atoms with Gasteiger partial charge >= 0.3 is 0 Å². The average molecular weight is 604 g/mol. The first-order valence-corrected chi connectivity index (χ1v) is 16.2. The van der Waals surface area contributed by atoms with Crippen molar-refractivity contribution in [2.45, 2.75) is 69.0 Å². The van der Waals surface area contributed by atoms with Gasteiger partial charge in [-0.05, 0) is 98.9 Å². The van der Waals surface area contributed by atoms with Gasteiger partial charge in [-0.2, -0.15) is 15.0 Å². The molecule has 2 atom stereocenters. The summed E-state index contributed by atoms with van der Waals surface area (Å²) < 4.78 is 39.7. The van der Waals surface area contributed by atoms with Gasteiger partial charge in [0.05, 0.1) is 35.7 Å². The van der Waals surface area contributed by atoms with Gasteiger partial charge in [0, 0.05) is 19.3 Å². The van der Waals surface area contributed by atoms with Crippen LogP contribution in [-0.4, -0.2) is 62.0 Å². The molecule has 7 rings (SSSR count). The normalized spacial score (nSPS) is 22.2. The van der Waals surface area contributed by atoms with E-state index in [1.54, 1.807) is 34.4 Å². The molecular formula is C31H34FN7O3S. The fourth-order valence-corrected chi connectivity index (χ4v) is 7.82. The van der Waals surface area contributed by atoms with Gasteiger partial charge in [0.1, 0.15) is 11.5 Å². The Kier molecular flexibility index (Phi) is 6.84. The highest BCUT2D eigenvalue weighted by Crippen LogP contribution is 2.56. The Morgan fingerprint density at radius 3 is 2.56 bits per heavy atom. The van der Waals surface area contributed by atoms with Crippen molar-refractivity contribution < 1.29 is 18.3 Å². The Morgan fingerprint density at radius 1 is 1.09 bits per heavy atom. The van der Waals surface area contributed by atoms with Crippen molar-refractivity contribution in [3.8, 4) is 5.69 Å². The molecule has 43 heavy (non-hydrogen) atoms. The number of rotatable bonds is 8. The zero-order valence-electron chi connectivity index (χ0n) is 24.1. The third kappa shape index (κ3) is 4.82. The van der Waals surface area contributed by atoms with Crippen molar-refractivity contribution in [2.24, 2.45) is 5.41 Å². The summed E-state index contributed by atoms with van der Waals surface area (Å²) in [7, 11) is -1.76. The maximum atomic E-state index is 14.6. The van der Waals surface area contributed by atoms with Crippen molar-refractivity contribution in [2.75, 3.05) is 7.05 Å². The zero-order valence-corrected chi connectivity index (χ0v) is 24.9. The van der Waals surface area contributed by atoms with E-state index in [0.29, 0.717) is 43.8 Å². The molecular weight excluding hydrogens is 569 g/mol. The molecule has 0 bridgehead atoms. The quantitative estimate of drug-likeness (QED) is 0.238. The number of aryl methyl sites for hydroxylation is 1. The van der Waals surface area contributed by atoms with Crippen LogP contribution in [0.25, 0.3) is 11.8 Å². The molecule has 3 aliphatic rings. The van der Waals surface area contributed by atoms with E-state index >= 15 is 0 Å². The molecule has 224 valence electrons. The minimum absolute atomic E-state index is 0.0761. The summed E-state index contributed by atoms with van der Waals surface area (Å²) in [4.78, 5) is 20.6. The van der Waals surface area contributed by atoms with Crippen LogP contribution in [0.15, 0.2) is 65.6 Å². The SMILES string of the molecule is CCn1ncc(S(O)(O)N(C)[C@H]2CCC3=Cc4c(cnn4-c4ccc(F)cc4)C[C@]3(C(=O)c3ccc(C4CC4)cn3)C2)n1. The first-order chi connectivity index (χ1) is 20.7. The van der Waals surface area contributed by atoms with Crippen LogP contribution in [0, 0.1) is 11.2 Å². The molecule has 1 aromatic carbocycles. The van der Waals surface area contributed by atoms with E-state index in [9.17, 15) is 18.3 Å². The largest absolute Gasteiger partial charge is 0.291 e. The summed E-state index contributed by atoms with van der Waals surface area (Å²) in [6.45, 7) is 2.39. The molecule has 2 fully saturated rings. The first-order valence-electron chi connectivity index (χ1n) is 14.7. The smallest absolute Gasteiger partial charge is 0.205 e. The highest BCUT2D eigenvalue weighted by Gasteiger charge is 2.51. The molecule has 0 saturated heterocycles. The Morgan fingerprint density at radius 2 is 1.88 bits per heavy atom. The van der Waals surface area contributed by atoms with Gasteiger partial charge in [-0.25, -0.2) is 13.4 Å². The summed E-state index contributed by atoms with van der Waals surface area (Å²) in [5, 5.41) is 13.1. The predicted molar refractivity (Wildman–Crippen MR) is 160 cm³/mol. The molecule has 0 amide bonds. The van der Waals surface area contributed by atoms with Gasteiger partial charge in [-0.3, -0.25) is 18.9 Å². The number of ketones is 1. The van der Waals surface area contributed by atoms with Crippen LogP contribution in [0.3, 0.4) is 0 Å². The van der Waals surface area contributed by atoms with E-state index in [4.69, 9.17) is 0 Å². The molecule has 3 aliphatic carbocycles. The molecule has 0 unspecified atom stereocenters. The minimum Gasteiger partial charge on any atom is -0.291 e. The number of aromatic nitrogens is 6. The molecule has 0 aliphatic heterocycles. The highest BCUT2D eigenvalue weighted by molar-refractivity contribution is 8.22. The van der Waals surface area contributed by atoms with Crippen molar-refractivity contribution in [1.29, 1.82) is 0 Å². The van der Waals surface area contributed by atoms with E-state index in [0.717, 1.165) is 40.9 Å². The number of carbonyl (C=O) groups excluding carboxylic acids is 1. The third-order valence-corrected chi connectivity index (χ3v) is 11.1. The van der Waals surface area contributed by atoms with E-state index in [1.165, 1.54) is 23.1 Å². The third-order valence-electron chi connectivity index (χ3n) is 9.20. The molecule has 2 N–H and O–H groups in total. The van der Waals surface area contributed by atoms with Crippen molar-refractivity contribution >= 4 is 22.6 Å². The van der Waals surface area contributed by atoms with Crippen LogP contribution in [0.4, 0.5) is 4.39 Å². The Balaban J connectivity index is 1.27. The van der Waals surface area contributed by atoms with Crippen molar-refractivity contribution in [3.05, 3.63) is 88.9 Å². The van der Waals surface area contributed by atoms with Crippen LogP contribution in [0.1, 0.15) is 72.3 Å². The van der Waals surface area contributed by atoms with E-state index in [2.05, 4.69) is 20.3 Å². The molecule has 4 aromatic rings. The first kappa shape index (κ1) is 28.1. The summed E-state index contributed by atoms with van der Waals surface area (Å²) >= 11 is 0. The van der Waals surface area contributed by atoms with Gasteiger partial charge in [-0.15, -0.1) is 5.10 Å².